The Morgan fingerprint density at radius 2 is 2.19 bits per heavy atom. The summed E-state index contributed by atoms with van der Waals surface area (Å²) in [5, 5.41) is 8.75. The first-order valence-corrected chi connectivity index (χ1v) is 7.83. The molecule has 0 bridgehead atoms. The van der Waals surface area contributed by atoms with Crippen LogP contribution >= 0.6 is 11.3 Å². The molecule has 0 unspecified atom stereocenters. The molecular weight excluding hydrogens is 280 g/mol. The van der Waals surface area contributed by atoms with Gasteiger partial charge in [-0.3, -0.25) is 4.90 Å². The zero-order chi connectivity index (χ0) is 15.1. The predicted octanol–water partition coefficient (Wildman–Crippen LogP) is 2.82. The van der Waals surface area contributed by atoms with Crippen LogP contribution in [0.2, 0.25) is 0 Å². The molecule has 4 heteroatoms. The Labute approximate surface area is 130 Å². The Bertz CT molecular complexity index is 639. The highest BCUT2D eigenvalue weighted by molar-refractivity contribution is 7.09. The van der Waals surface area contributed by atoms with Crippen LogP contribution in [0.5, 0.6) is 0 Å². The molecule has 0 aliphatic rings. The molecule has 0 amide bonds. The summed E-state index contributed by atoms with van der Waals surface area (Å²) < 4.78 is 0. The van der Waals surface area contributed by atoms with Crippen molar-refractivity contribution >= 4 is 11.3 Å². The van der Waals surface area contributed by atoms with E-state index in [4.69, 9.17) is 5.11 Å². The van der Waals surface area contributed by atoms with Gasteiger partial charge in [0.15, 0.2) is 0 Å². The molecule has 1 aromatic carbocycles. The minimum absolute atomic E-state index is 0.115. The van der Waals surface area contributed by atoms with E-state index in [2.05, 4.69) is 47.8 Å². The van der Waals surface area contributed by atoms with Gasteiger partial charge in [0.25, 0.3) is 0 Å². The van der Waals surface area contributed by atoms with Crippen molar-refractivity contribution in [1.82, 2.24) is 9.88 Å². The van der Waals surface area contributed by atoms with E-state index < -0.39 is 0 Å². The van der Waals surface area contributed by atoms with E-state index in [0.717, 1.165) is 24.3 Å². The Balaban J connectivity index is 1.98. The summed E-state index contributed by atoms with van der Waals surface area (Å²) in [6, 6.07) is 8.26. The zero-order valence-corrected chi connectivity index (χ0v) is 13.3. The zero-order valence-electron chi connectivity index (χ0n) is 12.5. The number of aromatic nitrogens is 1. The molecule has 0 radical (unpaired) electrons. The van der Waals surface area contributed by atoms with E-state index in [0.29, 0.717) is 6.42 Å². The van der Waals surface area contributed by atoms with Gasteiger partial charge in [0.2, 0.25) is 0 Å². The van der Waals surface area contributed by atoms with E-state index >= 15 is 0 Å². The molecule has 0 saturated carbocycles. The molecule has 110 valence electrons. The Kier molecular flexibility index (Phi) is 5.94. The van der Waals surface area contributed by atoms with Gasteiger partial charge in [-0.05, 0) is 31.7 Å². The number of benzene rings is 1. The number of hydrogen-bond donors (Lipinski definition) is 1. The predicted molar refractivity (Wildman–Crippen MR) is 87.0 cm³/mol. The van der Waals surface area contributed by atoms with Crippen LogP contribution in [0.4, 0.5) is 0 Å². The fourth-order valence-corrected chi connectivity index (χ4v) is 2.91. The van der Waals surface area contributed by atoms with Crippen molar-refractivity contribution in [3.8, 4) is 11.8 Å². The maximum atomic E-state index is 8.75. The third kappa shape index (κ3) is 4.98. The second-order valence-corrected chi connectivity index (χ2v) is 5.95. The third-order valence-corrected chi connectivity index (χ3v) is 4.03. The van der Waals surface area contributed by atoms with E-state index in [9.17, 15) is 0 Å². The molecule has 1 heterocycles. The van der Waals surface area contributed by atoms with Crippen LogP contribution in [-0.2, 0) is 13.1 Å². The quantitative estimate of drug-likeness (QED) is 0.863. The highest BCUT2D eigenvalue weighted by Gasteiger charge is 2.06. The smallest absolute Gasteiger partial charge is 0.0798 e. The summed E-state index contributed by atoms with van der Waals surface area (Å²) in [6.07, 6.45) is 0.523. The van der Waals surface area contributed by atoms with Crippen molar-refractivity contribution in [2.45, 2.75) is 26.4 Å². The van der Waals surface area contributed by atoms with Crippen LogP contribution in [0.3, 0.4) is 0 Å². The van der Waals surface area contributed by atoms with Gasteiger partial charge in [-0.1, -0.05) is 24.0 Å². The molecule has 0 aliphatic heterocycles. The molecule has 2 aromatic rings. The topological polar surface area (TPSA) is 36.4 Å². The fraction of sp³-hybridized carbons (Fsp3) is 0.353. The summed E-state index contributed by atoms with van der Waals surface area (Å²) in [4.78, 5) is 7.88. The molecule has 3 nitrogen and oxygen atoms in total. The van der Waals surface area contributed by atoms with Crippen LogP contribution in [0.25, 0.3) is 0 Å². The number of aliphatic hydroxyl groups excluding tert-OH is 1. The van der Waals surface area contributed by atoms with Crippen LogP contribution in [-0.4, -0.2) is 28.6 Å². The summed E-state index contributed by atoms with van der Waals surface area (Å²) in [5.41, 5.74) is 5.27. The molecule has 0 atom stereocenters. The van der Waals surface area contributed by atoms with Gasteiger partial charge < -0.3 is 5.11 Å². The summed E-state index contributed by atoms with van der Waals surface area (Å²) in [6.45, 7) is 3.96. The molecule has 1 N–H and O–H groups in total. The highest BCUT2D eigenvalue weighted by Crippen LogP contribution is 2.16. The van der Waals surface area contributed by atoms with Crippen LogP contribution < -0.4 is 0 Å². The van der Waals surface area contributed by atoms with Crippen molar-refractivity contribution in [2.24, 2.45) is 0 Å². The molecular formula is C17H20N2OS. The largest absolute Gasteiger partial charge is 0.395 e. The molecule has 1 aromatic heterocycles. The van der Waals surface area contributed by atoms with Crippen molar-refractivity contribution in [3.63, 3.8) is 0 Å². The maximum absolute atomic E-state index is 8.75. The van der Waals surface area contributed by atoms with Crippen molar-refractivity contribution in [2.75, 3.05) is 13.7 Å². The third-order valence-electron chi connectivity index (χ3n) is 3.11. The lowest BCUT2D eigenvalue weighted by Crippen LogP contribution is -2.17. The average Bonchev–Trinajstić information content (AvgIpc) is 2.85. The second-order valence-electron chi connectivity index (χ2n) is 5.01. The number of thiazole rings is 1. The Hall–Kier alpha value is -1.67. The summed E-state index contributed by atoms with van der Waals surface area (Å²) in [5.74, 6) is 6.03. The standard InChI is InChI=1S/C17H20N2OS/c1-14-17(21-13-18-14)12-19(2)11-16-8-5-7-15(10-16)6-3-4-9-20/h5,7-8,10,13,20H,4,9,11-12H2,1-2H3. The number of nitrogens with zero attached hydrogens (tertiary/aromatic N) is 2. The fourth-order valence-electron chi connectivity index (χ4n) is 2.06. The lowest BCUT2D eigenvalue weighted by atomic mass is 10.1. The number of aliphatic hydroxyl groups is 1. The van der Waals surface area contributed by atoms with E-state index in [-0.39, 0.29) is 6.61 Å². The number of rotatable bonds is 5. The van der Waals surface area contributed by atoms with Gasteiger partial charge in [0, 0.05) is 30.0 Å². The molecule has 21 heavy (non-hydrogen) atoms. The van der Waals surface area contributed by atoms with Gasteiger partial charge in [-0.2, -0.15) is 0 Å². The Morgan fingerprint density at radius 1 is 1.33 bits per heavy atom. The minimum Gasteiger partial charge on any atom is -0.395 e. The van der Waals surface area contributed by atoms with Gasteiger partial charge in [-0.15, -0.1) is 11.3 Å². The first-order chi connectivity index (χ1) is 10.2. The van der Waals surface area contributed by atoms with Crippen LogP contribution in [0.1, 0.15) is 28.1 Å². The monoisotopic (exact) mass is 300 g/mol. The lowest BCUT2D eigenvalue weighted by molar-refractivity contribution is 0.305. The highest BCUT2D eigenvalue weighted by atomic mass is 32.1. The molecule has 0 spiro atoms. The van der Waals surface area contributed by atoms with E-state index in [1.165, 1.54) is 10.4 Å². The minimum atomic E-state index is 0.115. The van der Waals surface area contributed by atoms with Crippen LogP contribution in [0.15, 0.2) is 29.8 Å². The SMILES string of the molecule is Cc1ncsc1CN(C)Cc1cccc(C#CCCO)c1. The van der Waals surface area contributed by atoms with E-state index in [1.807, 2.05) is 17.6 Å². The first-order valence-electron chi connectivity index (χ1n) is 6.95. The van der Waals surface area contributed by atoms with Gasteiger partial charge in [0.05, 0.1) is 17.8 Å². The van der Waals surface area contributed by atoms with Crippen molar-refractivity contribution < 1.29 is 5.11 Å². The van der Waals surface area contributed by atoms with Crippen LogP contribution in [0, 0.1) is 18.8 Å². The van der Waals surface area contributed by atoms with Crippen molar-refractivity contribution in [3.05, 3.63) is 51.5 Å². The van der Waals surface area contributed by atoms with Crippen molar-refractivity contribution in [1.29, 1.82) is 0 Å². The Morgan fingerprint density at radius 3 is 2.90 bits per heavy atom. The molecule has 0 saturated heterocycles. The normalized spacial score (nSPS) is 10.5. The summed E-state index contributed by atoms with van der Waals surface area (Å²) >= 11 is 1.71. The summed E-state index contributed by atoms with van der Waals surface area (Å²) in [7, 11) is 2.11. The molecule has 2 rings (SSSR count). The molecule has 0 aliphatic carbocycles. The lowest BCUT2D eigenvalue weighted by Gasteiger charge is -2.16. The van der Waals surface area contributed by atoms with Gasteiger partial charge in [0.1, 0.15) is 0 Å². The average molecular weight is 300 g/mol. The van der Waals surface area contributed by atoms with E-state index in [1.54, 1.807) is 11.3 Å². The number of hydrogen-bond acceptors (Lipinski definition) is 4. The van der Waals surface area contributed by atoms with Gasteiger partial charge in [-0.25, -0.2) is 4.98 Å². The first kappa shape index (κ1) is 15.7. The van der Waals surface area contributed by atoms with Gasteiger partial charge >= 0.3 is 0 Å². The number of aryl methyl sites for hydroxylation is 1. The molecule has 0 fully saturated rings. The maximum Gasteiger partial charge on any atom is 0.0798 e. The second kappa shape index (κ2) is 7.94.